The molecule has 6 heteroatoms. The van der Waals surface area contributed by atoms with Crippen LogP contribution in [0.1, 0.15) is 11.1 Å². The number of nitrogens with zero attached hydrogens (tertiary/aromatic N) is 3. The van der Waals surface area contributed by atoms with Gasteiger partial charge in [0.05, 0.1) is 5.69 Å². The number of aromatic nitrogens is 3. The first-order valence-electron chi connectivity index (χ1n) is 6.68. The van der Waals surface area contributed by atoms with Crippen LogP contribution in [-0.2, 0) is 5.75 Å². The van der Waals surface area contributed by atoms with Gasteiger partial charge in [0.1, 0.15) is 12.1 Å². The molecule has 0 fully saturated rings. The number of hydrogen-bond donors (Lipinski definition) is 0. The molecule has 0 unspecified atom stereocenters. The third-order valence-corrected chi connectivity index (χ3v) is 4.62. The maximum Gasteiger partial charge on any atom is 0.195 e. The van der Waals surface area contributed by atoms with Crippen LogP contribution >= 0.6 is 23.4 Å². The third-order valence-electron chi connectivity index (χ3n) is 3.30. The molecule has 112 valence electrons. The quantitative estimate of drug-likeness (QED) is 0.650. The van der Waals surface area contributed by atoms with E-state index in [4.69, 9.17) is 11.6 Å². The molecule has 0 aliphatic carbocycles. The summed E-state index contributed by atoms with van der Waals surface area (Å²) in [5.41, 5.74) is 2.61. The maximum absolute atomic E-state index is 13.8. The van der Waals surface area contributed by atoms with Crippen LogP contribution in [0.25, 0.3) is 5.69 Å². The fourth-order valence-corrected chi connectivity index (χ4v) is 3.39. The van der Waals surface area contributed by atoms with Gasteiger partial charge >= 0.3 is 0 Å². The summed E-state index contributed by atoms with van der Waals surface area (Å²) in [5, 5.41) is 9.21. The summed E-state index contributed by atoms with van der Waals surface area (Å²) < 4.78 is 15.7. The minimum Gasteiger partial charge on any atom is -0.276 e. The van der Waals surface area contributed by atoms with E-state index in [1.54, 1.807) is 18.5 Å². The van der Waals surface area contributed by atoms with Crippen LogP contribution in [-0.4, -0.2) is 14.8 Å². The highest BCUT2D eigenvalue weighted by Crippen LogP contribution is 2.29. The zero-order valence-electron chi connectivity index (χ0n) is 11.8. The molecule has 3 aromatic rings. The summed E-state index contributed by atoms with van der Waals surface area (Å²) in [5.74, 6) is 0.0951. The van der Waals surface area contributed by atoms with E-state index < -0.39 is 0 Å². The van der Waals surface area contributed by atoms with Crippen molar-refractivity contribution >= 4 is 23.4 Å². The summed E-state index contributed by atoms with van der Waals surface area (Å²) in [6.07, 6.45) is 1.66. The summed E-state index contributed by atoms with van der Waals surface area (Å²) in [6.45, 7) is 2.03. The number of hydrogen-bond acceptors (Lipinski definition) is 3. The van der Waals surface area contributed by atoms with E-state index in [0.717, 1.165) is 11.3 Å². The second-order valence-electron chi connectivity index (χ2n) is 4.76. The van der Waals surface area contributed by atoms with E-state index in [2.05, 4.69) is 10.2 Å². The lowest BCUT2D eigenvalue weighted by Crippen LogP contribution is -1.98. The minimum absolute atomic E-state index is 0.304. The number of rotatable bonds is 4. The second kappa shape index (κ2) is 6.50. The van der Waals surface area contributed by atoms with Crippen molar-refractivity contribution in [2.24, 2.45) is 0 Å². The van der Waals surface area contributed by atoms with Gasteiger partial charge in [-0.3, -0.25) is 4.57 Å². The van der Waals surface area contributed by atoms with Gasteiger partial charge in [0.15, 0.2) is 5.16 Å². The standard InChI is InChI=1S/C16H13ClFN3S/c1-11-5-2-3-8-15(11)21-10-19-20-16(21)22-9-12-13(17)6-4-7-14(12)18/h2-8,10H,9H2,1H3. The second-order valence-corrected chi connectivity index (χ2v) is 6.11. The molecular weight excluding hydrogens is 321 g/mol. The number of benzene rings is 2. The molecule has 0 N–H and O–H groups in total. The zero-order chi connectivity index (χ0) is 15.5. The molecule has 0 saturated carbocycles. The van der Waals surface area contributed by atoms with Crippen LogP contribution in [0.2, 0.25) is 5.02 Å². The topological polar surface area (TPSA) is 30.7 Å². The van der Waals surface area contributed by atoms with Crippen molar-refractivity contribution in [2.45, 2.75) is 17.8 Å². The molecule has 3 rings (SSSR count). The molecule has 22 heavy (non-hydrogen) atoms. The summed E-state index contributed by atoms with van der Waals surface area (Å²) in [6, 6.07) is 12.7. The average Bonchev–Trinajstić information content (AvgIpc) is 2.95. The largest absolute Gasteiger partial charge is 0.276 e. The fourth-order valence-electron chi connectivity index (χ4n) is 2.13. The van der Waals surface area contributed by atoms with E-state index in [-0.39, 0.29) is 5.82 Å². The van der Waals surface area contributed by atoms with E-state index in [1.807, 2.05) is 35.8 Å². The molecule has 2 aromatic carbocycles. The molecule has 0 saturated heterocycles. The SMILES string of the molecule is Cc1ccccc1-n1cnnc1SCc1c(F)cccc1Cl. The lowest BCUT2D eigenvalue weighted by Gasteiger charge is -2.09. The number of thioether (sulfide) groups is 1. The van der Waals surface area contributed by atoms with Gasteiger partial charge in [-0.05, 0) is 30.7 Å². The summed E-state index contributed by atoms with van der Waals surface area (Å²) >= 11 is 7.46. The Balaban J connectivity index is 1.86. The molecule has 0 spiro atoms. The lowest BCUT2D eigenvalue weighted by atomic mass is 10.2. The van der Waals surface area contributed by atoms with Crippen molar-refractivity contribution in [3.05, 3.63) is 70.8 Å². The van der Waals surface area contributed by atoms with E-state index >= 15 is 0 Å². The number of aryl methyl sites for hydroxylation is 1. The first kappa shape index (κ1) is 15.1. The Kier molecular flexibility index (Phi) is 4.45. The first-order valence-corrected chi connectivity index (χ1v) is 8.05. The van der Waals surface area contributed by atoms with Gasteiger partial charge < -0.3 is 0 Å². The van der Waals surface area contributed by atoms with Crippen LogP contribution in [0.3, 0.4) is 0 Å². The molecule has 0 radical (unpaired) electrons. The van der Waals surface area contributed by atoms with Gasteiger partial charge in [-0.1, -0.05) is 47.6 Å². The number of para-hydroxylation sites is 1. The smallest absolute Gasteiger partial charge is 0.195 e. The molecular formula is C16H13ClFN3S. The molecule has 0 aliphatic rings. The highest BCUT2D eigenvalue weighted by Gasteiger charge is 2.12. The number of halogens is 2. The summed E-state index contributed by atoms with van der Waals surface area (Å²) in [7, 11) is 0. The van der Waals surface area contributed by atoms with Crippen molar-refractivity contribution in [3.8, 4) is 5.69 Å². The Bertz CT molecular complexity index is 783. The zero-order valence-corrected chi connectivity index (χ0v) is 13.4. The third kappa shape index (κ3) is 3.00. The maximum atomic E-state index is 13.8. The van der Waals surface area contributed by atoms with Crippen LogP contribution < -0.4 is 0 Å². The van der Waals surface area contributed by atoms with E-state index in [0.29, 0.717) is 21.5 Å². The molecule has 3 nitrogen and oxygen atoms in total. The Morgan fingerprint density at radius 3 is 2.77 bits per heavy atom. The molecule has 0 amide bonds. The molecule has 1 aromatic heterocycles. The monoisotopic (exact) mass is 333 g/mol. The predicted molar refractivity (Wildman–Crippen MR) is 87.1 cm³/mol. The summed E-state index contributed by atoms with van der Waals surface area (Å²) in [4.78, 5) is 0. The Labute approximate surface area is 137 Å². The van der Waals surface area contributed by atoms with Gasteiger partial charge in [0.25, 0.3) is 0 Å². The van der Waals surface area contributed by atoms with Gasteiger partial charge in [-0.25, -0.2) is 4.39 Å². The van der Waals surface area contributed by atoms with Crippen molar-refractivity contribution in [1.29, 1.82) is 0 Å². The van der Waals surface area contributed by atoms with Crippen molar-refractivity contribution in [3.63, 3.8) is 0 Å². The lowest BCUT2D eigenvalue weighted by molar-refractivity contribution is 0.617. The Morgan fingerprint density at radius 2 is 2.00 bits per heavy atom. The van der Waals surface area contributed by atoms with Crippen molar-refractivity contribution in [1.82, 2.24) is 14.8 Å². The van der Waals surface area contributed by atoms with E-state index in [9.17, 15) is 4.39 Å². The van der Waals surface area contributed by atoms with E-state index in [1.165, 1.54) is 17.8 Å². The van der Waals surface area contributed by atoms with Gasteiger partial charge in [-0.15, -0.1) is 10.2 Å². The van der Waals surface area contributed by atoms with Crippen molar-refractivity contribution in [2.75, 3.05) is 0 Å². The van der Waals surface area contributed by atoms with Gasteiger partial charge in [0, 0.05) is 16.3 Å². The van der Waals surface area contributed by atoms with Crippen LogP contribution in [0.15, 0.2) is 53.9 Å². The van der Waals surface area contributed by atoms with Crippen LogP contribution in [0, 0.1) is 12.7 Å². The Hall–Kier alpha value is -1.85. The highest BCUT2D eigenvalue weighted by molar-refractivity contribution is 7.98. The fraction of sp³-hybridized carbons (Fsp3) is 0.125. The van der Waals surface area contributed by atoms with Crippen molar-refractivity contribution < 1.29 is 4.39 Å². The van der Waals surface area contributed by atoms with Gasteiger partial charge in [-0.2, -0.15) is 0 Å². The first-order chi connectivity index (χ1) is 10.7. The molecule has 0 bridgehead atoms. The average molecular weight is 334 g/mol. The van der Waals surface area contributed by atoms with Crippen LogP contribution in [0.4, 0.5) is 4.39 Å². The minimum atomic E-state index is -0.304. The molecule has 1 heterocycles. The normalized spacial score (nSPS) is 10.9. The molecule has 0 aliphatic heterocycles. The van der Waals surface area contributed by atoms with Crippen LogP contribution in [0.5, 0.6) is 0 Å². The van der Waals surface area contributed by atoms with Gasteiger partial charge in [0.2, 0.25) is 0 Å². The molecule has 0 atom stereocenters. The highest BCUT2D eigenvalue weighted by atomic mass is 35.5. The predicted octanol–water partition coefficient (Wildman–Crippen LogP) is 4.66. The Morgan fingerprint density at radius 1 is 1.18 bits per heavy atom.